The molecule has 3 saturated heterocycles. The van der Waals surface area contributed by atoms with Gasteiger partial charge in [0.15, 0.2) is 0 Å². The second-order valence-corrected chi connectivity index (χ2v) is 22.4. The van der Waals surface area contributed by atoms with E-state index in [2.05, 4.69) is 58.9 Å². The van der Waals surface area contributed by atoms with E-state index in [-0.39, 0.29) is 62.8 Å². The lowest BCUT2D eigenvalue weighted by atomic mass is 9.84. The minimum Gasteiger partial charge on any atom is -0.462 e. The number of amides is 4. The Kier molecular flexibility index (Phi) is 16.5. The molecule has 0 saturated carbocycles. The quantitative estimate of drug-likeness (QED) is 0.0876. The molecule has 4 aliphatic heterocycles. The molecule has 74 heavy (non-hydrogen) atoms. The number of nitrogens with one attached hydrogen (secondary N) is 2. The maximum Gasteiger partial charge on any atom is 0.355 e. The lowest BCUT2D eigenvalue weighted by Gasteiger charge is -2.40. The van der Waals surface area contributed by atoms with Crippen LogP contribution in [0.15, 0.2) is 65.8 Å². The van der Waals surface area contributed by atoms with Gasteiger partial charge in [-0.15, -0.1) is 0 Å². The Morgan fingerprint density at radius 1 is 1.07 bits per heavy atom. The van der Waals surface area contributed by atoms with E-state index in [0.717, 1.165) is 50.1 Å². The van der Waals surface area contributed by atoms with Gasteiger partial charge in [-0.25, -0.2) is 4.79 Å². The average molecular weight is 1020 g/mol. The van der Waals surface area contributed by atoms with Crippen LogP contribution in [0.25, 0.3) is 27.6 Å². The molecule has 1 aromatic heterocycles. The van der Waals surface area contributed by atoms with Gasteiger partial charge < -0.3 is 34.3 Å². The van der Waals surface area contributed by atoms with Crippen LogP contribution in [0.3, 0.4) is 0 Å². The largest absolute Gasteiger partial charge is 0.462 e. The van der Waals surface area contributed by atoms with Crippen molar-refractivity contribution in [3.63, 3.8) is 0 Å². The number of esters is 1. The number of cyclic esters (lactones) is 1. The topological polar surface area (TPSA) is 178 Å². The van der Waals surface area contributed by atoms with Gasteiger partial charge in [-0.05, 0) is 121 Å². The molecular formula is C58H78N8O8. The summed E-state index contributed by atoms with van der Waals surface area (Å²) >= 11 is 0. The van der Waals surface area contributed by atoms with E-state index in [0.29, 0.717) is 38.9 Å². The number of aliphatic hydroxyl groups is 1. The standard InChI is InChI=1S/C58H78N8O8/c1-14-42(48(59-15-2)38(6)73-13)50-44-34-55(7,8)36-74-54(71)58(72)24-18-28-66(61-58)52(69)45(32-39-19-17-20-40(31-39)41-21-22-46(43(44)33-41)64(50)16-3)60-51(68)49(37(4)5)65-30-27-57(53(65)70)26-29-63(35-57)47(67)23-25-56(9,10)62(11)12/h14-15,17,19-22,31,33,37-38,45,49,61,72H,1,16,18,24,26-30,32,34-36H2,2-13H3,(H,60,68)/b48-42+,59-15?/t38-,45-,49-,57+,58-/m0/s1. The summed E-state index contributed by atoms with van der Waals surface area (Å²) in [6, 6.07) is 12.1. The average Bonchev–Trinajstić information content (AvgIpc) is 4.03. The van der Waals surface area contributed by atoms with Crippen molar-refractivity contribution in [1.82, 2.24) is 35.0 Å². The first-order valence-electron chi connectivity index (χ1n) is 26.2. The molecule has 398 valence electrons. The van der Waals surface area contributed by atoms with Gasteiger partial charge in [-0.2, -0.15) is 5.43 Å². The molecule has 0 radical (unpaired) electrons. The Hall–Kier alpha value is -6.12. The summed E-state index contributed by atoms with van der Waals surface area (Å²) in [5.74, 6) is 2.98. The normalized spacial score (nSPS) is 23.7. The summed E-state index contributed by atoms with van der Waals surface area (Å²) in [5, 5.41) is 17.3. The number of hydrogen-bond acceptors (Lipinski definition) is 11. The lowest BCUT2D eigenvalue weighted by molar-refractivity contribution is -0.189. The predicted molar refractivity (Wildman–Crippen MR) is 288 cm³/mol. The zero-order valence-electron chi connectivity index (χ0n) is 45.7. The highest BCUT2D eigenvalue weighted by Gasteiger charge is 2.54. The molecule has 5 atom stereocenters. The number of carbonyl (C=O) groups is 5. The predicted octanol–water partition coefficient (Wildman–Crippen LogP) is 6.14. The number of aromatic nitrogens is 1. The molecule has 0 unspecified atom stereocenters. The molecule has 5 heterocycles. The minimum absolute atomic E-state index is 0.0180. The molecule has 1 spiro atoms. The van der Waals surface area contributed by atoms with Gasteiger partial charge >= 0.3 is 5.97 Å². The monoisotopic (exact) mass is 1010 g/mol. The summed E-state index contributed by atoms with van der Waals surface area (Å²) in [6.07, 6.45) is 4.90. The van der Waals surface area contributed by atoms with Crippen molar-refractivity contribution in [3.8, 4) is 23.0 Å². The first-order chi connectivity index (χ1) is 34.9. The van der Waals surface area contributed by atoms with Crippen LogP contribution in [-0.4, -0.2) is 149 Å². The number of methoxy groups -OCH3 is 1. The highest BCUT2D eigenvalue weighted by Crippen LogP contribution is 2.43. The third-order valence-electron chi connectivity index (χ3n) is 15.7. The van der Waals surface area contributed by atoms with E-state index in [9.17, 15) is 29.1 Å². The number of ether oxygens (including phenoxy) is 2. The van der Waals surface area contributed by atoms with Crippen molar-refractivity contribution >= 4 is 52.3 Å². The van der Waals surface area contributed by atoms with Crippen LogP contribution in [0.2, 0.25) is 0 Å². The smallest absolute Gasteiger partial charge is 0.355 e. The molecule has 3 N–H and O–H groups in total. The Labute approximate surface area is 437 Å². The van der Waals surface area contributed by atoms with Gasteiger partial charge in [0.1, 0.15) is 12.1 Å². The maximum absolute atomic E-state index is 14.9. The highest BCUT2D eigenvalue weighted by atomic mass is 16.6. The van der Waals surface area contributed by atoms with E-state index in [1.807, 2.05) is 105 Å². The molecule has 4 aliphatic rings. The van der Waals surface area contributed by atoms with Gasteiger partial charge in [-0.3, -0.25) is 34.1 Å². The number of aliphatic imine (C=N–C) groups is 1. The Balaban J connectivity index is 1.27. The van der Waals surface area contributed by atoms with E-state index in [4.69, 9.17) is 14.5 Å². The fourth-order valence-corrected chi connectivity index (χ4v) is 10.9. The van der Waals surface area contributed by atoms with Crippen molar-refractivity contribution in [2.24, 2.45) is 21.7 Å². The van der Waals surface area contributed by atoms with Crippen LogP contribution < -0.4 is 10.7 Å². The van der Waals surface area contributed by atoms with Crippen LogP contribution in [0, 0.1) is 28.6 Å². The third-order valence-corrected chi connectivity index (χ3v) is 15.7. The fourth-order valence-electron chi connectivity index (χ4n) is 10.9. The zero-order chi connectivity index (χ0) is 54.1. The van der Waals surface area contributed by atoms with E-state index < -0.39 is 52.0 Å². The lowest BCUT2D eigenvalue weighted by Crippen LogP contribution is -2.67. The van der Waals surface area contributed by atoms with Crippen molar-refractivity contribution < 1.29 is 38.6 Å². The molecule has 6 bridgehead atoms. The van der Waals surface area contributed by atoms with Crippen molar-refractivity contribution in [3.05, 3.63) is 77.6 Å². The van der Waals surface area contributed by atoms with Gasteiger partial charge in [0.2, 0.25) is 17.5 Å². The summed E-state index contributed by atoms with van der Waals surface area (Å²) in [7, 11) is 5.45. The zero-order valence-corrected chi connectivity index (χ0v) is 45.7. The van der Waals surface area contributed by atoms with Crippen molar-refractivity contribution in [1.29, 1.82) is 0 Å². The summed E-state index contributed by atoms with van der Waals surface area (Å²) < 4.78 is 14.1. The fraction of sp³-hybridized carbons (Fsp3) is 0.552. The SMILES string of the molecule is C=C/C(=C(\N=CC)[C@H](C)OC)c1c2c3cc(ccc3n1CC)-c1cccc(c1)C[C@H](NC(=O)[C@H](C(C)C)N1CC[C@@]3(CCN(C(=O)C#CC(C)(C)N(C)C)C3)C1=O)C(=O)N1CCC[C@@](O)(N1)C(=O)OCC(C)(C)C2. The molecular weight excluding hydrogens is 937 g/mol. The van der Waals surface area contributed by atoms with E-state index >= 15 is 0 Å². The molecule has 16 nitrogen and oxygen atoms in total. The number of allylic oxidation sites excluding steroid dienone is 2. The van der Waals surface area contributed by atoms with Gasteiger partial charge in [0.25, 0.3) is 11.8 Å². The molecule has 7 rings (SSSR count). The van der Waals surface area contributed by atoms with Crippen LogP contribution in [0.4, 0.5) is 0 Å². The van der Waals surface area contributed by atoms with Gasteiger partial charge in [-0.1, -0.05) is 76.6 Å². The third kappa shape index (κ3) is 11.1. The van der Waals surface area contributed by atoms with Crippen molar-refractivity contribution in [2.75, 3.05) is 54.0 Å². The number of benzene rings is 2. The highest BCUT2D eigenvalue weighted by molar-refractivity contribution is 5.98. The molecule has 16 heteroatoms. The minimum atomic E-state index is -2.24. The van der Waals surface area contributed by atoms with E-state index in [1.54, 1.807) is 23.1 Å². The Morgan fingerprint density at radius 3 is 2.45 bits per heavy atom. The number of fused-ring (bicyclic) bond motifs is 6. The number of aryl methyl sites for hydroxylation is 1. The van der Waals surface area contributed by atoms with Gasteiger partial charge in [0.05, 0.1) is 35.1 Å². The summed E-state index contributed by atoms with van der Waals surface area (Å²) in [5.41, 5.74) is 5.57. The first kappa shape index (κ1) is 55.6. The van der Waals surface area contributed by atoms with Crippen LogP contribution in [-0.2, 0) is 52.8 Å². The number of nitrogens with zero attached hydrogens (tertiary/aromatic N) is 6. The number of rotatable bonds is 11. The maximum atomic E-state index is 14.9. The Bertz CT molecular complexity index is 2810. The Morgan fingerprint density at radius 2 is 1.78 bits per heavy atom. The number of carbonyl (C=O) groups excluding carboxylic acids is 5. The second kappa shape index (κ2) is 22.0. The molecule has 4 amide bonds. The number of likely N-dealkylation sites (tertiary alicyclic amines) is 2. The summed E-state index contributed by atoms with van der Waals surface area (Å²) in [4.78, 5) is 81.8. The van der Waals surface area contributed by atoms with Crippen LogP contribution in [0.1, 0.15) is 105 Å². The summed E-state index contributed by atoms with van der Waals surface area (Å²) in [6.45, 7) is 23.4. The molecule has 0 aliphatic carbocycles. The molecule has 3 fully saturated rings. The number of hydrazine groups is 1. The second-order valence-electron chi connectivity index (χ2n) is 22.4. The van der Waals surface area contributed by atoms with Crippen LogP contribution in [0.5, 0.6) is 0 Å². The molecule has 2 aromatic carbocycles. The first-order valence-corrected chi connectivity index (χ1v) is 26.2. The van der Waals surface area contributed by atoms with Gasteiger partial charge in [0, 0.05) is 80.8 Å². The van der Waals surface area contributed by atoms with E-state index in [1.165, 1.54) is 5.01 Å². The molecule has 3 aromatic rings. The van der Waals surface area contributed by atoms with Crippen LogP contribution >= 0.6 is 0 Å². The number of hydrogen-bond donors (Lipinski definition) is 3. The van der Waals surface area contributed by atoms with Crippen molar-refractivity contribution in [2.45, 2.75) is 137 Å².